The number of rotatable bonds is 3. The number of nitrogens with one attached hydrogen (secondary N) is 2. The number of hydrogen-bond donors (Lipinski definition) is 3. The van der Waals surface area contributed by atoms with Crippen LogP contribution in [0.1, 0.15) is 11.3 Å². The average Bonchev–Trinajstić information content (AvgIpc) is 2.88. The van der Waals surface area contributed by atoms with Gasteiger partial charge in [0.15, 0.2) is 11.5 Å². The van der Waals surface area contributed by atoms with E-state index < -0.39 is 17.5 Å². The highest BCUT2D eigenvalue weighted by atomic mass is 19.1. The first-order valence-corrected chi connectivity index (χ1v) is 6.36. The van der Waals surface area contributed by atoms with Gasteiger partial charge in [0.2, 0.25) is 0 Å². The number of nitrogens with two attached hydrogens (primary N) is 1. The fraction of sp³-hybridized carbons (Fsp3) is 0.0769. The van der Waals surface area contributed by atoms with Crippen LogP contribution >= 0.6 is 0 Å². The molecule has 0 amide bonds. The summed E-state index contributed by atoms with van der Waals surface area (Å²) < 4.78 is 42.0. The Morgan fingerprint density at radius 2 is 1.91 bits per heavy atom. The van der Waals surface area contributed by atoms with E-state index in [0.717, 1.165) is 29.3 Å². The molecule has 3 rings (SSSR count). The van der Waals surface area contributed by atoms with Crippen molar-refractivity contribution >= 4 is 16.9 Å². The Morgan fingerprint density at radius 3 is 2.57 bits per heavy atom. The van der Waals surface area contributed by atoms with Crippen molar-refractivity contribution in [2.45, 2.75) is 6.54 Å². The molecule has 0 aliphatic rings. The zero-order chi connectivity index (χ0) is 16.6. The Bertz CT molecular complexity index is 886. The second kappa shape index (κ2) is 5.65. The monoisotopic (exact) mass is 321 g/mol. The van der Waals surface area contributed by atoms with E-state index in [1.807, 2.05) is 0 Å². The van der Waals surface area contributed by atoms with Crippen molar-refractivity contribution in [3.8, 4) is 0 Å². The third kappa shape index (κ3) is 2.59. The van der Waals surface area contributed by atoms with E-state index >= 15 is 0 Å². The molecule has 0 atom stereocenters. The molecular weight excluding hydrogens is 311 g/mol. The maximum atomic E-state index is 13.7. The number of nitrogens with zero attached hydrogens (tertiary/aromatic N) is 4. The molecule has 0 aliphatic heterocycles. The van der Waals surface area contributed by atoms with Crippen molar-refractivity contribution in [3.05, 3.63) is 53.4 Å². The second-order valence-corrected chi connectivity index (χ2v) is 4.63. The number of amidine groups is 1. The molecular formula is C13H10F3N7. The van der Waals surface area contributed by atoms with Crippen molar-refractivity contribution in [2.75, 3.05) is 0 Å². The molecule has 0 saturated heterocycles. The number of hydrazine groups is 1. The van der Waals surface area contributed by atoms with E-state index in [1.54, 1.807) is 0 Å². The van der Waals surface area contributed by atoms with Crippen molar-refractivity contribution in [1.29, 1.82) is 5.41 Å². The molecule has 3 aromatic rings. The fourth-order valence-corrected chi connectivity index (χ4v) is 2.14. The van der Waals surface area contributed by atoms with Crippen molar-refractivity contribution in [2.24, 2.45) is 5.84 Å². The molecule has 0 fully saturated rings. The summed E-state index contributed by atoms with van der Waals surface area (Å²) >= 11 is 0. The van der Waals surface area contributed by atoms with E-state index in [4.69, 9.17) is 11.3 Å². The molecule has 3 heterocycles. The third-order valence-electron chi connectivity index (χ3n) is 3.19. The third-order valence-corrected chi connectivity index (χ3v) is 3.19. The molecule has 7 nitrogen and oxygen atoms in total. The van der Waals surface area contributed by atoms with Gasteiger partial charge in [-0.25, -0.2) is 28.7 Å². The minimum Gasteiger partial charge on any atom is -0.307 e. The van der Waals surface area contributed by atoms with Gasteiger partial charge in [-0.1, -0.05) is 0 Å². The zero-order valence-corrected chi connectivity index (χ0v) is 11.5. The molecule has 0 spiro atoms. The van der Waals surface area contributed by atoms with Gasteiger partial charge in [0.05, 0.1) is 30.5 Å². The summed E-state index contributed by atoms with van der Waals surface area (Å²) in [5.41, 5.74) is 2.00. The molecule has 10 heteroatoms. The minimum absolute atomic E-state index is 0.0179. The van der Waals surface area contributed by atoms with Crippen LogP contribution in [0.25, 0.3) is 11.0 Å². The molecule has 0 radical (unpaired) electrons. The van der Waals surface area contributed by atoms with Crippen molar-refractivity contribution < 1.29 is 13.2 Å². The number of fused-ring (bicyclic) bond motifs is 1. The number of halogens is 3. The van der Waals surface area contributed by atoms with Crippen molar-refractivity contribution in [3.63, 3.8) is 0 Å². The molecule has 0 bridgehead atoms. The Morgan fingerprint density at radius 1 is 1.22 bits per heavy atom. The summed E-state index contributed by atoms with van der Waals surface area (Å²) in [5, 5.41) is 11.9. The van der Waals surface area contributed by atoms with Crippen LogP contribution in [0.4, 0.5) is 13.2 Å². The highest BCUT2D eigenvalue weighted by Crippen LogP contribution is 2.20. The standard InChI is InChI=1S/C13H10F3N7/c14-6-1-7-11(12(17)21-18)22-23(13(7)20-2-6)5-8-9(15)3-19-4-10(8)16/h1-4H,5,18H2,(H2,17,21). The zero-order valence-electron chi connectivity index (χ0n) is 11.5. The lowest BCUT2D eigenvalue weighted by atomic mass is 10.2. The van der Waals surface area contributed by atoms with Crippen LogP contribution in [-0.2, 0) is 6.54 Å². The van der Waals surface area contributed by atoms with Crippen LogP contribution in [0.2, 0.25) is 0 Å². The van der Waals surface area contributed by atoms with Gasteiger partial charge in [-0.2, -0.15) is 5.10 Å². The van der Waals surface area contributed by atoms with Gasteiger partial charge in [0, 0.05) is 5.56 Å². The molecule has 0 aromatic carbocycles. The molecule has 0 unspecified atom stereocenters. The molecule has 3 aromatic heterocycles. The maximum absolute atomic E-state index is 13.7. The largest absolute Gasteiger partial charge is 0.307 e. The summed E-state index contributed by atoms with van der Waals surface area (Å²) in [6.45, 7) is -0.298. The van der Waals surface area contributed by atoms with Gasteiger partial charge < -0.3 is 5.43 Å². The molecule has 0 aliphatic carbocycles. The highest BCUT2D eigenvalue weighted by molar-refractivity contribution is 6.05. The maximum Gasteiger partial charge on any atom is 0.161 e. The lowest BCUT2D eigenvalue weighted by molar-refractivity contribution is 0.527. The first-order valence-electron chi connectivity index (χ1n) is 6.36. The van der Waals surface area contributed by atoms with E-state index in [2.05, 4.69) is 20.5 Å². The lowest BCUT2D eigenvalue weighted by Crippen LogP contribution is -2.30. The van der Waals surface area contributed by atoms with Gasteiger partial charge in [0.1, 0.15) is 23.1 Å². The van der Waals surface area contributed by atoms with Gasteiger partial charge >= 0.3 is 0 Å². The molecule has 4 N–H and O–H groups in total. The first kappa shape index (κ1) is 14.9. The summed E-state index contributed by atoms with van der Waals surface area (Å²) in [6.07, 6.45) is 2.70. The van der Waals surface area contributed by atoms with Crippen LogP contribution in [-0.4, -0.2) is 25.6 Å². The highest BCUT2D eigenvalue weighted by Gasteiger charge is 2.18. The van der Waals surface area contributed by atoms with Gasteiger partial charge in [-0.15, -0.1) is 0 Å². The van der Waals surface area contributed by atoms with Gasteiger partial charge in [0.25, 0.3) is 0 Å². The minimum atomic E-state index is -0.843. The van der Waals surface area contributed by atoms with Crippen LogP contribution < -0.4 is 11.3 Å². The van der Waals surface area contributed by atoms with Crippen LogP contribution in [0, 0.1) is 22.9 Å². The Balaban J connectivity index is 2.16. The fourth-order valence-electron chi connectivity index (χ4n) is 2.14. The van der Waals surface area contributed by atoms with E-state index in [0.29, 0.717) is 0 Å². The first-order chi connectivity index (χ1) is 11.0. The van der Waals surface area contributed by atoms with E-state index in [1.165, 1.54) is 0 Å². The predicted octanol–water partition coefficient (Wildman–Crippen LogP) is 1.08. The number of pyridine rings is 2. The Hall–Kier alpha value is -3.01. The van der Waals surface area contributed by atoms with Crippen LogP contribution in [0.3, 0.4) is 0 Å². The summed E-state index contributed by atoms with van der Waals surface area (Å²) in [6, 6.07) is 1.12. The summed E-state index contributed by atoms with van der Waals surface area (Å²) in [5.74, 6) is 2.58. The van der Waals surface area contributed by atoms with E-state index in [9.17, 15) is 13.2 Å². The number of aromatic nitrogens is 4. The van der Waals surface area contributed by atoms with Gasteiger partial charge in [-0.05, 0) is 6.07 Å². The molecule has 23 heavy (non-hydrogen) atoms. The average molecular weight is 321 g/mol. The Labute approximate surface area is 127 Å². The lowest BCUT2D eigenvalue weighted by Gasteiger charge is -2.05. The van der Waals surface area contributed by atoms with Crippen LogP contribution in [0.15, 0.2) is 24.7 Å². The van der Waals surface area contributed by atoms with E-state index in [-0.39, 0.29) is 34.7 Å². The topological polar surface area (TPSA) is 106 Å². The molecule has 118 valence electrons. The second-order valence-electron chi connectivity index (χ2n) is 4.63. The molecule has 0 saturated carbocycles. The van der Waals surface area contributed by atoms with Crippen LogP contribution in [0.5, 0.6) is 0 Å². The number of hydrogen-bond acceptors (Lipinski definition) is 5. The normalized spacial score (nSPS) is 11.0. The summed E-state index contributed by atoms with van der Waals surface area (Å²) in [4.78, 5) is 7.27. The Kier molecular flexibility index (Phi) is 3.66. The van der Waals surface area contributed by atoms with Gasteiger partial charge in [-0.3, -0.25) is 10.4 Å². The summed E-state index contributed by atoms with van der Waals surface area (Å²) in [7, 11) is 0. The quantitative estimate of drug-likeness (QED) is 0.290. The predicted molar refractivity (Wildman–Crippen MR) is 74.9 cm³/mol. The smallest absolute Gasteiger partial charge is 0.161 e. The SMILES string of the molecule is N=C(NN)c1nn(Cc2c(F)cncc2F)c2ncc(F)cc12. The van der Waals surface area contributed by atoms with Crippen molar-refractivity contribution in [1.82, 2.24) is 25.2 Å².